The summed E-state index contributed by atoms with van der Waals surface area (Å²) in [5.74, 6) is 1.07. The molecule has 3 nitrogen and oxygen atoms in total. The number of hydrogen-bond donors (Lipinski definition) is 1. The summed E-state index contributed by atoms with van der Waals surface area (Å²) in [7, 11) is 0. The molecule has 1 saturated heterocycles. The molecule has 2 aliphatic heterocycles. The quantitative estimate of drug-likeness (QED) is 0.863. The van der Waals surface area contributed by atoms with Gasteiger partial charge in [0.2, 0.25) is 0 Å². The van der Waals surface area contributed by atoms with Crippen LogP contribution in [-0.4, -0.2) is 30.1 Å². The molecule has 1 aromatic carbocycles. The maximum Gasteiger partial charge on any atom is 0.122 e. The second-order valence-corrected chi connectivity index (χ2v) is 5.83. The Kier molecular flexibility index (Phi) is 2.39. The molecule has 96 valence electrons. The Hall–Kier alpha value is -1.06. The SMILES string of the molecule is NC1CCN(C2CC2)C1c1ccc2c(c1)CCO2. The third kappa shape index (κ3) is 1.65. The second kappa shape index (κ2) is 3.97. The number of nitrogens with two attached hydrogens (primary N) is 1. The summed E-state index contributed by atoms with van der Waals surface area (Å²) in [5, 5.41) is 0. The van der Waals surface area contributed by atoms with E-state index in [1.807, 2.05) is 0 Å². The van der Waals surface area contributed by atoms with Gasteiger partial charge in [-0.05, 0) is 36.5 Å². The van der Waals surface area contributed by atoms with Crippen molar-refractivity contribution in [2.45, 2.75) is 43.8 Å². The number of ether oxygens (including phenoxy) is 1. The van der Waals surface area contributed by atoms with Gasteiger partial charge in [-0.25, -0.2) is 0 Å². The largest absolute Gasteiger partial charge is 0.493 e. The van der Waals surface area contributed by atoms with E-state index in [2.05, 4.69) is 23.1 Å². The van der Waals surface area contributed by atoms with Crippen LogP contribution in [0.1, 0.15) is 36.4 Å². The molecule has 1 aliphatic carbocycles. The Morgan fingerprint density at radius 2 is 2.11 bits per heavy atom. The van der Waals surface area contributed by atoms with Crippen molar-refractivity contribution >= 4 is 0 Å². The number of benzene rings is 1. The second-order valence-electron chi connectivity index (χ2n) is 5.83. The summed E-state index contributed by atoms with van der Waals surface area (Å²) in [4.78, 5) is 2.63. The van der Waals surface area contributed by atoms with Crippen LogP contribution in [0, 0.1) is 0 Å². The zero-order valence-corrected chi connectivity index (χ0v) is 10.6. The highest BCUT2D eigenvalue weighted by molar-refractivity contribution is 5.41. The van der Waals surface area contributed by atoms with Crippen LogP contribution in [0.3, 0.4) is 0 Å². The highest BCUT2D eigenvalue weighted by atomic mass is 16.5. The van der Waals surface area contributed by atoms with E-state index in [-0.39, 0.29) is 0 Å². The van der Waals surface area contributed by atoms with Gasteiger partial charge in [0, 0.05) is 25.0 Å². The molecule has 2 N–H and O–H groups in total. The lowest BCUT2D eigenvalue weighted by molar-refractivity contribution is 0.237. The number of rotatable bonds is 2. The molecule has 4 rings (SSSR count). The first kappa shape index (κ1) is 10.8. The molecule has 3 aliphatic rings. The molecule has 18 heavy (non-hydrogen) atoms. The molecular formula is C15H20N2O. The van der Waals surface area contributed by atoms with Gasteiger partial charge in [0.05, 0.1) is 12.6 Å². The van der Waals surface area contributed by atoms with Gasteiger partial charge in [-0.15, -0.1) is 0 Å². The van der Waals surface area contributed by atoms with Gasteiger partial charge in [0.25, 0.3) is 0 Å². The molecule has 1 saturated carbocycles. The maximum atomic E-state index is 6.34. The average molecular weight is 244 g/mol. The Labute approximate surface area is 108 Å². The van der Waals surface area contributed by atoms with E-state index in [1.54, 1.807) is 0 Å². The fraction of sp³-hybridized carbons (Fsp3) is 0.600. The van der Waals surface area contributed by atoms with Crippen LogP contribution >= 0.6 is 0 Å². The predicted octanol–water partition coefficient (Wildman–Crippen LogP) is 1.86. The third-order valence-electron chi connectivity index (χ3n) is 4.55. The summed E-state index contributed by atoms with van der Waals surface area (Å²) in [5.41, 5.74) is 9.10. The minimum Gasteiger partial charge on any atom is -0.493 e. The maximum absolute atomic E-state index is 6.34. The van der Waals surface area contributed by atoms with Crippen LogP contribution in [-0.2, 0) is 6.42 Å². The lowest BCUT2D eigenvalue weighted by Crippen LogP contribution is -2.33. The monoisotopic (exact) mass is 244 g/mol. The van der Waals surface area contributed by atoms with Gasteiger partial charge < -0.3 is 10.5 Å². The smallest absolute Gasteiger partial charge is 0.122 e. The lowest BCUT2D eigenvalue weighted by Gasteiger charge is -2.27. The third-order valence-corrected chi connectivity index (χ3v) is 4.55. The van der Waals surface area contributed by atoms with Crippen molar-refractivity contribution < 1.29 is 4.74 Å². The van der Waals surface area contributed by atoms with Gasteiger partial charge >= 0.3 is 0 Å². The van der Waals surface area contributed by atoms with Crippen molar-refractivity contribution in [2.24, 2.45) is 5.73 Å². The van der Waals surface area contributed by atoms with Crippen LogP contribution < -0.4 is 10.5 Å². The molecule has 2 atom stereocenters. The topological polar surface area (TPSA) is 38.5 Å². The fourth-order valence-corrected chi connectivity index (χ4v) is 3.49. The summed E-state index contributed by atoms with van der Waals surface area (Å²) < 4.78 is 5.58. The molecule has 2 fully saturated rings. The van der Waals surface area contributed by atoms with Gasteiger partial charge in [0.15, 0.2) is 0 Å². The molecular weight excluding hydrogens is 224 g/mol. The summed E-state index contributed by atoms with van der Waals surface area (Å²) >= 11 is 0. The zero-order valence-electron chi connectivity index (χ0n) is 10.6. The Bertz CT molecular complexity index is 470. The highest BCUT2D eigenvalue weighted by Crippen LogP contribution is 2.41. The first-order valence-electron chi connectivity index (χ1n) is 7.10. The molecule has 3 heteroatoms. The van der Waals surface area contributed by atoms with Gasteiger partial charge in [-0.2, -0.15) is 0 Å². The van der Waals surface area contributed by atoms with E-state index in [0.717, 1.165) is 31.2 Å². The summed E-state index contributed by atoms with van der Waals surface area (Å²) in [6, 6.07) is 8.21. The molecule has 0 aromatic heterocycles. The minimum atomic E-state index is 0.297. The molecule has 0 bridgehead atoms. The number of hydrogen-bond acceptors (Lipinski definition) is 3. The van der Waals surface area contributed by atoms with Crippen molar-refractivity contribution in [3.63, 3.8) is 0 Å². The first-order chi connectivity index (χ1) is 8.83. The number of likely N-dealkylation sites (tertiary alicyclic amines) is 1. The molecule has 0 spiro atoms. The predicted molar refractivity (Wildman–Crippen MR) is 70.7 cm³/mol. The molecule has 1 aromatic rings. The van der Waals surface area contributed by atoms with Crippen molar-refractivity contribution in [1.29, 1.82) is 0 Å². The molecule has 0 radical (unpaired) electrons. The van der Waals surface area contributed by atoms with Crippen molar-refractivity contribution in [3.8, 4) is 5.75 Å². The summed E-state index contributed by atoms with van der Waals surface area (Å²) in [6.45, 7) is 2.01. The van der Waals surface area contributed by atoms with Gasteiger partial charge in [-0.1, -0.05) is 12.1 Å². The standard InChI is InChI=1S/C15H20N2O/c16-13-5-7-17(12-2-3-12)15(13)11-1-4-14-10(9-11)6-8-18-14/h1,4,9,12-13,15H,2-3,5-8,16H2. The zero-order chi connectivity index (χ0) is 12.1. The van der Waals surface area contributed by atoms with E-state index < -0.39 is 0 Å². The molecule has 2 heterocycles. The minimum absolute atomic E-state index is 0.297. The molecule has 0 amide bonds. The number of fused-ring (bicyclic) bond motifs is 1. The lowest BCUT2D eigenvalue weighted by atomic mass is 9.98. The van der Waals surface area contributed by atoms with Crippen molar-refractivity contribution in [3.05, 3.63) is 29.3 Å². The van der Waals surface area contributed by atoms with Crippen LogP contribution in [0.4, 0.5) is 0 Å². The van der Waals surface area contributed by atoms with E-state index >= 15 is 0 Å². The fourth-order valence-electron chi connectivity index (χ4n) is 3.49. The highest BCUT2D eigenvalue weighted by Gasteiger charge is 2.41. The van der Waals surface area contributed by atoms with Gasteiger partial charge in [0.1, 0.15) is 5.75 Å². The Morgan fingerprint density at radius 3 is 2.94 bits per heavy atom. The van der Waals surface area contributed by atoms with E-state index in [1.165, 1.54) is 30.5 Å². The Balaban J connectivity index is 1.68. The van der Waals surface area contributed by atoms with Crippen molar-refractivity contribution in [1.82, 2.24) is 4.90 Å². The van der Waals surface area contributed by atoms with E-state index in [0.29, 0.717) is 12.1 Å². The normalized spacial score (nSPS) is 31.4. The number of nitrogens with zero attached hydrogens (tertiary/aromatic N) is 1. The van der Waals surface area contributed by atoms with Crippen LogP contribution in [0.5, 0.6) is 5.75 Å². The average Bonchev–Trinajstić information content (AvgIpc) is 2.99. The van der Waals surface area contributed by atoms with Crippen LogP contribution in [0.25, 0.3) is 0 Å². The Morgan fingerprint density at radius 1 is 1.22 bits per heavy atom. The van der Waals surface area contributed by atoms with Crippen LogP contribution in [0.2, 0.25) is 0 Å². The molecule has 2 unspecified atom stereocenters. The first-order valence-corrected chi connectivity index (χ1v) is 7.10. The van der Waals surface area contributed by atoms with E-state index in [9.17, 15) is 0 Å². The van der Waals surface area contributed by atoms with E-state index in [4.69, 9.17) is 10.5 Å². The van der Waals surface area contributed by atoms with Crippen molar-refractivity contribution in [2.75, 3.05) is 13.2 Å². The van der Waals surface area contributed by atoms with Crippen LogP contribution in [0.15, 0.2) is 18.2 Å². The van der Waals surface area contributed by atoms with Gasteiger partial charge in [-0.3, -0.25) is 4.90 Å². The summed E-state index contributed by atoms with van der Waals surface area (Å²) in [6.07, 6.45) is 4.90.